The number of fused-ring (bicyclic) bond motifs is 5. The molecule has 0 aromatic carbocycles. The van der Waals surface area contributed by atoms with Crippen LogP contribution in [-0.2, 0) is 42.7 Å². The van der Waals surface area contributed by atoms with Crippen molar-refractivity contribution in [2.75, 3.05) is 14.2 Å². The van der Waals surface area contributed by atoms with Crippen molar-refractivity contribution in [1.82, 2.24) is 0 Å². The van der Waals surface area contributed by atoms with E-state index < -0.39 is 78.4 Å². The minimum Gasteiger partial charge on any atom is -0.458 e. The molecule has 2 heterocycles. The second-order valence-corrected chi connectivity index (χ2v) is 16.9. The second kappa shape index (κ2) is 15.1. The number of carbonyl (C=O) groups is 2. The van der Waals surface area contributed by atoms with E-state index in [1.165, 1.54) is 12.7 Å². The van der Waals surface area contributed by atoms with Gasteiger partial charge in [0, 0.05) is 37.5 Å². The Balaban J connectivity index is 1.15. The van der Waals surface area contributed by atoms with Crippen molar-refractivity contribution in [2.45, 2.75) is 173 Å². The van der Waals surface area contributed by atoms with E-state index in [0.29, 0.717) is 37.7 Å². The van der Waals surface area contributed by atoms with Gasteiger partial charge in [0.1, 0.15) is 36.3 Å². The lowest BCUT2D eigenvalue weighted by atomic mass is 9.45. The first kappa shape index (κ1) is 39.9. The van der Waals surface area contributed by atoms with Crippen LogP contribution in [0.25, 0.3) is 0 Å². The molecule has 6 aliphatic rings. The van der Waals surface area contributed by atoms with Gasteiger partial charge >= 0.3 is 5.97 Å². The Morgan fingerprint density at radius 2 is 1.65 bits per heavy atom. The summed E-state index contributed by atoms with van der Waals surface area (Å²) in [6.07, 6.45) is 1.91. The van der Waals surface area contributed by atoms with Crippen molar-refractivity contribution < 1.29 is 58.1 Å². The highest BCUT2D eigenvalue weighted by atomic mass is 16.7. The lowest BCUT2D eigenvalue weighted by Crippen LogP contribution is -2.66. The Labute approximate surface area is 308 Å². The van der Waals surface area contributed by atoms with E-state index in [2.05, 4.69) is 13.0 Å². The fourth-order valence-corrected chi connectivity index (χ4v) is 11.1. The quantitative estimate of drug-likeness (QED) is 0.177. The first-order chi connectivity index (χ1) is 24.5. The molecule has 17 atom stereocenters. The topological polar surface area (TPSA) is 159 Å². The molecule has 52 heavy (non-hydrogen) atoms. The molecule has 0 radical (unpaired) electrons. The predicted molar refractivity (Wildman–Crippen MR) is 189 cm³/mol. The number of hydrogen-bond donors (Lipinski definition) is 3. The first-order valence-corrected chi connectivity index (χ1v) is 19.3. The van der Waals surface area contributed by atoms with Gasteiger partial charge in [0.15, 0.2) is 12.6 Å². The summed E-state index contributed by atoms with van der Waals surface area (Å²) in [4.78, 5) is 26.2. The molecule has 2 saturated heterocycles. The van der Waals surface area contributed by atoms with E-state index in [9.17, 15) is 24.9 Å². The Bertz CT molecular complexity index is 1400. The van der Waals surface area contributed by atoms with Gasteiger partial charge in [-0.05, 0) is 96.8 Å². The summed E-state index contributed by atoms with van der Waals surface area (Å²) in [5, 5.41) is 33.9. The molecule has 0 bridgehead atoms. The molecule has 0 aromatic rings. The number of ether oxygens (including phenoxy) is 7. The summed E-state index contributed by atoms with van der Waals surface area (Å²) in [6.45, 7) is 13.0. The van der Waals surface area contributed by atoms with Gasteiger partial charge < -0.3 is 48.5 Å². The number of allylic oxidation sites excluding steroid dienone is 2. The minimum atomic E-state index is -1.20. The summed E-state index contributed by atoms with van der Waals surface area (Å²) in [6, 6.07) is 0. The number of aliphatic hydroxyl groups excluding tert-OH is 2. The van der Waals surface area contributed by atoms with Crippen molar-refractivity contribution in [3.63, 3.8) is 0 Å². The standard InChI is InChI=1S/C40H62O12/c1-10-20(2)36(44)51-30-18-28-27(40(45)16-14-26(21(3)41)39(30,40)7)12-11-24-17-25(13-15-38(24,28)6)50-31-19-29(46-8)34(23(5)48-31)52-37-33(43)35(47-9)32(42)22(4)49-37/h10-11,22-23,25-35,37,42-43,45H,12-19H2,1-9H3/b20-10+/t22-,23-,25+,26-,27-,28+,29+,30-,31+,32-,33-,34-,35+,37+,38+,39+,40+/m1/s1. The number of ketones is 1. The van der Waals surface area contributed by atoms with E-state index in [-0.39, 0.29) is 35.1 Å². The van der Waals surface area contributed by atoms with Crippen LogP contribution < -0.4 is 0 Å². The third kappa shape index (κ3) is 6.55. The molecule has 3 N–H and O–H groups in total. The van der Waals surface area contributed by atoms with Crippen LogP contribution in [0.1, 0.15) is 99.8 Å². The zero-order valence-corrected chi connectivity index (χ0v) is 32.4. The van der Waals surface area contributed by atoms with Crippen molar-refractivity contribution in [1.29, 1.82) is 0 Å². The van der Waals surface area contributed by atoms with Crippen molar-refractivity contribution in [3.05, 3.63) is 23.3 Å². The van der Waals surface area contributed by atoms with Gasteiger partial charge in [-0.3, -0.25) is 4.79 Å². The fraction of sp³-hybridized carbons (Fsp3) is 0.850. The molecule has 294 valence electrons. The van der Waals surface area contributed by atoms with Crippen LogP contribution in [-0.4, -0.2) is 114 Å². The Morgan fingerprint density at radius 1 is 0.923 bits per heavy atom. The number of hydrogen-bond acceptors (Lipinski definition) is 12. The van der Waals surface area contributed by atoms with Gasteiger partial charge in [0.25, 0.3) is 0 Å². The number of methoxy groups -OCH3 is 2. The molecular formula is C40H62O12. The van der Waals surface area contributed by atoms with E-state index in [4.69, 9.17) is 33.2 Å². The fourth-order valence-electron chi connectivity index (χ4n) is 11.1. The van der Waals surface area contributed by atoms with Gasteiger partial charge in [-0.1, -0.05) is 31.6 Å². The highest BCUT2D eigenvalue weighted by Gasteiger charge is 2.71. The first-order valence-electron chi connectivity index (χ1n) is 19.3. The van der Waals surface area contributed by atoms with Crippen LogP contribution in [0.4, 0.5) is 0 Å². The molecule has 12 heteroatoms. The third-order valence-corrected chi connectivity index (χ3v) is 14.4. The van der Waals surface area contributed by atoms with Crippen LogP contribution in [0.5, 0.6) is 0 Å². The van der Waals surface area contributed by atoms with Gasteiger partial charge in [0.05, 0.1) is 30.0 Å². The van der Waals surface area contributed by atoms with Gasteiger partial charge in [-0.15, -0.1) is 0 Å². The monoisotopic (exact) mass is 734 g/mol. The Kier molecular flexibility index (Phi) is 11.6. The largest absolute Gasteiger partial charge is 0.458 e. The summed E-state index contributed by atoms with van der Waals surface area (Å²) < 4.78 is 42.6. The van der Waals surface area contributed by atoms with E-state index >= 15 is 0 Å². The molecule has 12 nitrogen and oxygen atoms in total. The Morgan fingerprint density at radius 3 is 2.31 bits per heavy atom. The molecule has 0 amide bonds. The molecular weight excluding hydrogens is 672 g/mol. The summed E-state index contributed by atoms with van der Waals surface area (Å²) in [5.74, 6) is -0.705. The number of rotatable bonds is 9. The molecule has 0 unspecified atom stereocenters. The van der Waals surface area contributed by atoms with E-state index in [0.717, 1.165) is 19.3 Å². The molecule has 5 fully saturated rings. The van der Waals surface area contributed by atoms with E-state index in [1.54, 1.807) is 34.0 Å². The molecule has 4 aliphatic carbocycles. The van der Waals surface area contributed by atoms with Crippen LogP contribution in [0, 0.1) is 28.6 Å². The smallest absolute Gasteiger partial charge is 0.333 e. The van der Waals surface area contributed by atoms with Crippen LogP contribution in [0.15, 0.2) is 23.3 Å². The lowest BCUT2D eigenvalue weighted by molar-refractivity contribution is -0.342. The predicted octanol–water partition coefficient (Wildman–Crippen LogP) is 4.16. The van der Waals surface area contributed by atoms with Crippen LogP contribution in [0.3, 0.4) is 0 Å². The van der Waals surface area contributed by atoms with Crippen molar-refractivity contribution >= 4 is 11.8 Å². The number of Topliss-reactive ketones (excluding diaryl/α,β-unsaturated/α-hetero) is 1. The average Bonchev–Trinajstić information content (AvgIpc) is 3.40. The maximum Gasteiger partial charge on any atom is 0.333 e. The van der Waals surface area contributed by atoms with Gasteiger partial charge in [-0.25, -0.2) is 4.79 Å². The summed E-state index contributed by atoms with van der Waals surface area (Å²) in [7, 11) is 3.05. The lowest BCUT2D eigenvalue weighted by Gasteiger charge is -2.63. The SMILES string of the molecule is C/C=C(\C)C(=O)O[C@@H]1C[C@H]2[C@@H](CC=C3C[C@@H](O[C@H]4C[C@H](OC)[C@H](O[C@@H]5O[C@H](C)[C@@H](O)[C@H](OC)[C@H]5O)[C@@H](C)O4)CC[C@@]32C)[C@@]2(O)CC[C@H](C(C)=O)[C@@]12C. The zero-order valence-electron chi connectivity index (χ0n) is 32.4. The summed E-state index contributed by atoms with van der Waals surface area (Å²) >= 11 is 0. The van der Waals surface area contributed by atoms with E-state index in [1.807, 2.05) is 20.8 Å². The molecule has 3 saturated carbocycles. The van der Waals surface area contributed by atoms with Crippen molar-refractivity contribution in [3.8, 4) is 0 Å². The molecule has 2 aliphatic heterocycles. The maximum absolute atomic E-state index is 13.2. The maximum atomic E-state index is 13.2. The number of esters is 1. The zero-order chi connectivity index (χ0) is 37.9. The molecule has 0 spiro atoms. The summed E-state index contributed by atoms with van der Waals surface area (Å²) in [5.41, 5.74) is -0.419. The molecule has 6 rings (SSSR count). The highest BCUT2D eigenvalue weighted by Crippen LogP contribution is 2.68. The highest BCUT2D eigenvalue weighted by molar-refractivity contribution is 5.88. The Hall–Kier alpha value is -1.74. The van der Waals surface area contributed by atoms with Crippen LogP contribution >= 0.6 is 0 Å². The second-order valence-electron chi connectivity index (χ2n) is 16.9. The number of aliphatic hydroxyl groups is 3. The molecule has 0 aromatic heterocycles. The number of carbonyl (C=O) groups excluding carboxylic acids is 2. The average molecular weight is 735 g/mol. The third-order valence-electron chi connectivity index (χ3n) is 14.4. The van der Waals surface area contributed by atoms with Crippen molar-refractivity contribution in [2.24, 2.45) is 28.6 Å². The van der Waals surface area contributed by atoms with Crippen LogP contribution in [0.2, 0.25) is 0 Å². The van der Waals surface area contributed by atoms with Gasteiger partial charge in [-0.2, -0.15) is 0 Å². The minimum absolute atomic E-state index is 0.0403. The normalized spacial score (nSPS) is 49.3. The van der Waals surface area contributed by atoms with Gasteiger partial charge in [0.2, 0.25) is 0 Å².